The van der Waals surface area contributed by atoms with Crippen LogP contribution in [0.1, 0.15) is 44.9 Å². The average Bonchev–Trinajstić information content (AvgIpc) is 2.38. The van der Waals surface area contributed by atoms with Crippen LogP contribution in [0.3, 0.4) is 0 Å². The molecule has 1 N–H and O–H groups in total. The predicted molar refractivity (Wildman–Crippen MR) is 72.4 cm³/mol. The van der Waals surface area contributed by atoms with Crippen LogP contribution in [0.25, 0.3) is 0 Å². The molecule has 0 aromatic rings. The van der Waals surface area contributed by atoms with Crippen molar-refractivity contribution in [3.8, 4) is 0 Å². The second-order valence-electron chi connectivity index (χ2n) is 7.45. The van der Waals surface area contributed by atoms with Crippen LogP contribution in [0.4, 0.5) is 0 Å². The lowest BCUT2D eigenvalue weighted by molar-refractivity contribution is -0.0188. The molecule has 102 valence electrons. The minimum Gasteiger partial charge on any atom is -0.381 e. The van der Waals surface area contributed by atoms with Crippen molar-refractivity contribution in [2.45, 2.75) is 51.0 Å². The van der Waals surface area contributed by atoms with E-state index in [1.165, 1.54) is 45.1 Å². The lowest BCUT2D eigenvalue weighted by Gasteiger charge is -2.54. The number of rotatable bonds is 3. The van der Waals surface area contributed by atoms with Gasteiger partial charge in [-0.05, 0) is 74.5 Å². The van der Waals surface area contributed by atoms with Gasteiger partial charge in [0.05, 0.1) is 6.61 Å². The largest absolute Gasteiger partial charge is 0.381 e. The third-order valence-corrected chi connectivity index (χ3v) is 6.12. The molecule has 0 aromatic carbocycles. The van der Waals surface area contributed by atoms with Crippen molar-refractivity contribution in [2.24, 2.45) is 29.6 Å². The normalized spacial score (nSPS) is 50.7. The van der Waals surface area contributed by atoms with Crippen molar-refractivity contribution in [1.29, 1.82) is 0 Å². The Morgan fingerprint density at radius 2 is 1.67 bits per heavy atom. The van der Waals surface area contributed by atoms with Crippen LogP contribution in [0, 0.1) is 29.6 Å². The first-order valence-corrected chi connectivity index (χ1v) is 8.19. The van der Waals surface area contributed by atoms with Gasteiger partial charge in [-0.15, -0.1) is 0 Å². The van der Waals surface area contributed by atoms with Crippen molar-refractivity contribution >= 4 is 0 Å². The maximum absolute atomic E-state index is 5.60. The summed E-state index contributed by atoms with van der Waals surface area (Å²) < 4.78 is 5.60. The summed E-state index contributed by atoms with van der Waals surface area (Å²) in [7, 11) is 0. The van der Waals surface area contributed by atoms with E-state index in [1.807, 2.05) is 0 Å². The lowest BCUT2D eigenvalue weighted by Crippen LogP contribution is -2.55. The van der Waals surface area contributed by atoms with E-state index in [0.29, 0.717) is 0 Å². The molecule has 0 radical (unpaired) electrons. The fourth-order valence-corrected chi connectivity index (χ4v) is 5.53. The third kappa shape index (κ3) is 2.12. The Hall–Kier alpha value is -0.0800. The zero-order valence-electron chi connectivity index (χ0n) is 11.4. The Morgan fingerprint density at radius 3 is 2.28 bits per heavy atom. The summed E-state index contributed by atoms with van der Waals surface area (Å²) in [6.45, 7) is 3.21. The number of hydrogen-bond acceptors (Lipinski definition) is 2. The molecule has 0 aromatic heterocycles. The number of ether oxygens (including phenoxy) is 1. The fraction of sp³-hybridized carbons (Fsp3) is 1.00. The van der Waals surface area contributed by atoms with Gasteiger partial charge < -0.3 is 10.1 Å². The molecule has 1 atom stereocenters. The first kappa shape index (κ1) is 11.7. The van der Waals surface area contributed by atoms with E-state index in [9.17, 15) is 0 Å². The van der Waals surface area contributed by atoms with E-state index in [2.05, 4.69) is 5.32 Å². The van der Waals surface area contributed by atoms with Crippen LogP contribution in [0.2, 0.25) is 0 Å². The number of nitrogens with one attached hydrogen (secondary N) is 1. The maximum Gasteiger partial charge on any atom is 0.0506 e. The molecule has 1 aliphatic heterocycles. The average molecular weight is 249 g/mol. The highest BCUT2D eigenvalue weighted by atomic mass is 16.5. The summed E-state index contributed by atoms with van der Waals surface area (Å²) in [5, 5.41) is 3.95. The second-order valence-corrected chi connectivity index (χ2v) is 7.45. The second kappa shape index (κ2) is 4.79. The molecule has 4 bridgehead atoms. The van der Waals surface area contributed by atoms with Gasteiger partial charge in [-0.3, -0.25) is 0 Å². The first-order chi connectivity index (χ1) is 8.88. The molecular formula is C16H27NO. The molecule has 1 unspecified atom stereocenters. The molecule has 0 spiro atoms. The van der Waals surface area contributed by atoms with Crippen molar-refractivity contribution in [3.05, 3.63) is 0 Å². The molecular weight excluding hydrogens is 222 g/mol. The molecule has 2 nitrogen and oxygen atoms in total. The Labute approximate surface area is 111 Å². The zero-order chi connectivity index (χ0) is 11.9. The SMILES string of the molecule is C1COCC(CNC2C3CC4CC(C3)CC2C4)C1. The molecule has 5 rings (SSSR count). The third-order valence-electron chi connectivity index (χ3n) is 6.12. The molecule has 2 heteroatoms. The van der Waals surface area contributed by atoms with E-state index in [-0.39, 0.29) is 0 Å². The van der Waals surface area contributed by atoms with E-state index < -0.39 is 0 Å². The standard InChI is InChI=1S/C16H27NO/c1-2-11(10-18-3-1)9-17-16-14-5-12-4-13(7-14)8-15(16)6-12/h11-17H,1-10H2. The highest BCUT2D eigenvalue weighted by molar-refractivity contribution is 5.01. The summed E-state index contributed by atoms with van der Waals surface area (Å²) in [5.74, 6) is 5.03. The van der Waals surface area contributed by atoms with Crippen LogP contribution in [0.5, 0.6) is 0 Å². The molecule has 1 saturated heterocycles. The van der Waals surface area contributed by atoms with Gasteiger partial charge >= 0.3 is 0 Å². The van der Waals surface area contributed by atoms with Crippen LogP contribution >= 0.6 is 0 Å². The van der Waals surface area contributed by atoms with Crippen LogP contribution < -0.4 is 5.32 Å². The molecule has 18 heavy (non-hydrogen) atoms. The van der Waals surface area contributed by atoms with Gasteiger partial charge in [0, 0.05) is 19.2 Å². The summed E-state index contributed by atoms with van der Waals surface area (Å²) in [4.78, 5) is 0. The Bertz CT molecular complexity index is 269. The zero-order valence-corrected chi connectivity index (χ0v) is 11.4. The molecule has 5 aliphatic rings. The molecule has 1 heterocycles. The number of hydrogen-bond donors (Lipinski definition) is 1. The molecule has 4 saturated carbocycles. The van der Waals surface area contributed by atoms with Crippen molar-refractivity contribution in [2.75, 3.05) is 19.8 Å². The molecule has 4 aliphatic carbocycles. The Kier molecular flexibility index (Phi) is 3.12. The fourth-order valence-electron chi connectivity index (χ4n) is 5.53. The Balaban J connectivity index is 1.34. The topological polar surface area (TPSA) is 21.3 Å². The van der Waals surface area contributed by atoms with Gasteiger partial charge in [-0.25, -0.2) is 0 Å². The van der Waals surface area contributed by atoms with E-state index in [1.54, 1.807) is 6.42 Å². The van der Waals surface area contributed by atoms with E-state index in [0.717, 1.165) is 48.8 Å². The summed E-state index contributed by atoms with van der Waals surface area (Å²) in [5.41, 5.74) is 0. The van der Waals surface area contributed by atoms with Gasteiger partial charge in [-0.2, -0.15) is 0 Å². The maximum atomic E-state index is 5.60. The smallest absolute Gasteiger partial charge is 0.0506 e. The van der Waals surface area contributed by atoms with Crippen molar-refractivity contribution in [3.63, 3.8) is 0 Å². The predicted octanol–water partition coefficient (Wildman–Crippen LogP) is 2.83. The van der Waals surface area contributed by atoms with Gasteiger partial charge in [-0.1, -0.05) is 0 Å². The first-order valence-electron chi connectivity index (χ1n) is 8.19. The summed E-state index contributed by atoms with van der Waals surface area (Å²) >= 11 is 0. The molecule has 5 fully saturated rings. The lowest BCUT2D eigenvalue weighted by atomic mass is 9.54. The minimum atomic E-state index is 0.788. The summed E-state index contributed by atoms with van der Waals surface area (Å²) in [6.07, 6.45) is 10.3. The van der Waals surface area contributed by atoms with Crippen molar-refractivity contribution in [1.82, 2.24) is 5.32 Å². The van der Waals surface area contributed by atoms with Crippen LogP contribution in [-0.2, 0) is 4.74 Å². The van der Waals surface area contributed by atoms with Crippen molar-refractivity contribution < 1.29 is 4.74 Å². The van der Waals surface area contributed by atoms with Gasteiger partial charge in [0.1, 0.15) is 0 Å². The minimum absolute atomic E-state index is 0.788. The van der Waals surface area contributed by atoms with Crippen LogP contribution in [-0.4, -0.2) is 25.8 Å². The van der Waals surface area contributed by atoms with Gasteiger partial charge in [0.25, 0.3) is 0 Å². The van der Waals surface area contributed by atoms with E-state index in [4.69, 9.17) is 4.74 Å². The van der Waals surface area contributed by atoms with Gasteiger partial charge in [0.15, 0.2) is 0 Å². The van der Waals surface area contributed by atoms with Gasteiger partial charge in [0.2, 0.25) is 0 Å². The van der Waals surface area contributed by atoms with E-state index >= 15 is 0 Å². The highest BCUT2D eigenvalue weighted by Gasteiger charge is 2.47. The van der Waals surface area contributed by atoms with Crippen LogP contribution in [0.15, 0.2) is 0 Å². The highest BCUT2D eigenvalue weighted by Crippen LogP contribution is 2.53. The monoisotopic (exact) mass is 249 g/mol. The quantitative estimate of drug-likeness (QED) is 0.830. The molecule has 0 amide bonds. The summed E-state index contributed by atoms with van der Waals surface area (Å²) in [6, 6.07) is 0.861. The Morgan fingerprint density at radius 1 is 0.944 bits per heavy atom.